The van der Waals surface area contributed by atoms with Gasteiger partial charge >= 0.3 is 0 Å². The molecule has 3 rings (SSSR count). The number of benzene rings is 3. The summed E-state index contributed by atoms with van der Waals surface area (Å²) in [7, 11) is -13.2. The maximum atomic E-state index is 13.2. The lowest BCUT2D eigenvalue weighted by Crippen LogP contribution is -2.37. The van der Waals surface area contributed by atoms with Crippen LogP contribution in [0.1, 0.15) is 0 Å². The van der Waals surface area contributed by atoms with E-state index in [1.54, 1.807) is 18.2 Å². The molecule has 3 aromatic rings. The minimum absolute atomic E-state index is 0.142. The normalized spacial score (nSPS) is 12.7. The van der Waals surface area contributed by atoms with Gasteiger partial charge in [0.25, 0.3) is 0 Å². The van der Waals surface area contributed by atoms with Gasteiger partial charge in [-0.25, -0.2) is 25.3 Å². The quantitative estimate of drug-likeness (QED) is 0.548. The molecular weight excluding hydrogens is 432 g/mol. The predicted molar refractivity (Wildman–Crippen MR) is 110 cm³/mol. The fourth-order valence-corrected chi connectivity index (χ4v) is 10.1. The van der Waals surface area contributed by atoms with Gasteiger partial charge in [-0.1, -0.05) is 54.6 Å². The van der Waals surface area contributed by atoms with Gasteiger partial charge in [0.1, 0.15) is 0 Å². The van der Waals surface area contributed by atoms with Crippen molar-refractivity contribution in [3.8, 4) is 0 Å². The Morgan fingerprint density at radius 3 is 1.14 bits per heavy atom. The maximum Gasteiger partial charge on any atom is 0.197 e. The first-order valence-electron chi connectivity index (χ1n) is 8.51. The lowest BCUT2D eigenvalue weighted by Gasteiger charge is -2.19. The highest BCUT2D eigenvalue weighted by Crippen LogP contribution is 2.28. The van der Waals surface area contributed by atoms with Crippen LogP contribution in [0.15, 0.2) is 106 Å². The molecule has 0 bridgehead atoms. The van der Waals surface area contributed by atoms with Crippen LogP contribution in [0.25, 0.3) is 0 Å². The van der Waals surface area contributed by atoms with Gasteiger partial charge in [-0.2, -0.15) is 0 Å². The van der Waals surface area contributed by atoms with Crippen LogP contribution in [0.5, 0.6) is 0 Å². The molecule has 0 N–H and O–H groups in total. The molecule has 0 atom stereocenters. The Labute approximate surface area is 170 Å². The van der Waals surface area contributed by atoms with Crippen LogP contribution in [0.3, 0.4) is 0 Å². The molecule has 0 heterocycles. The summed E-state index contributed by atoms with van der Waals surface area (Å²) in [6.45, 7) is 0. The molecule has 0 fully saturated rings. The Bertz CT molecular complexity index is 1210. The standard InChI is InChI=1S/C20H18O6S3/c21-27(22,17-10-4-1-5-11-17)16-20(28(23,24)18-12-6-2-7-13-18)29(25,26)19-14-8-3-9-15-19/h1-15,20H,16H2. The maximum absolute atomic E-state index is 13.2. The molecule has 6 nitrogen and oxygen atoms in total. The van der Waals surface area contributed by atoms with Crippen LogP contribution in [-0.2, 0) is 29.5 Å². The zero-order valence-corrected chi connectivity index (χ0v) is 17.6. The van der Waals surface area contributed by atoms with Gasteiger partial charge < -0.3 is 0 Å². The van der Waals surface area contributed by atoms with Crippen LogP contribution < -0.4 is 0 Å². The van der Waals surface area contributed by atoms with Crippen molar-refractivity contribution in [3.63, 3.8) is 0 Å². The summed E-state index contributed by atoms with van der Waals surface area (Å²) in [6.07, 6.45) is 0. The second-order valence-corrected chi connectivity index (χ2v) is 12.8. The summed E-state index contributed by atoms with van der Waals surface area (Å²) in [5.74, 6) is -1.09. The van der Waals surface area contributed by atoms with Crippen LogP contribution in [0, 0.1) is 0 Å². The number of hydrogen-bond acceptors (Lipinski definition) is 6. The van der Waals surface area contributed by atoms with Crippen molar-refractivity contribution >= 4 is 29.5 Å². The second kappa shape index (κ2) is 8.10. The monoisotopic (exact) mass is 450 g/mol. The van der Waals surface area contributed by atoms with Crippen molar-refractivity contribution in [2.45, 2.75) is 19.3 Å². The van der Waals surface area contributed by atoms with E-state index in [0.717, 1.165) is 0 Å². The zero-order valence-electron chi connectivity index (χ0n) is 15.1. The summed E-state index contributed by atoms with van der Waals surface area (Å²) in [4.78, 5) is -0.656. The Morgan fingerprint density at radius 2 is 0.793 bits per heavy atom. The highest BCUT2D eigenvalue weighted by molar-refractivity contribution is 8.10. The van der Waals surface area contributed by atoms with Crippen molar-refractivity contribution < 1.29 is 25.3 Å². The van der Waals surface area contributed by atoms with Gasteiger partial charge in [0.15, 0.2) is 34.1 Å². The molecule has 0 unspecified atom stereocenters. The van der Waals surface area contributed by atoms with Crippen molar-refractivity contribution in [1.29, 1.82) is 0 Å². The molecule has 152 valence electrons. The molecule has 0 aliphatic carbocycles. The number of rotatable bonds is 7. The first-order valence-corrected chi connectivity index (χ1v) is 13.3. The Kier molecular flexibility index (Phi) is 5.92. The van der Waals surface area contributed by atoms with Gasteiger partial charge in [-0.3, -0.25) is 0 Å². The third-order valence-corrected chi connectivity index (χ3v) is 11.6. The summed E-state index contributed by atoms with van der Waals surface area (Å²) < 4.78 is 76.4. The lowest BCUT2D eigenvalue weighted by atomic mass is 10.4. The highest BCUT2D eigenvalue weighted by Gasteiger charge is 2.43. The van der Waals surface area contributed by atoms with E-state index >= 15 is 0 Å². The highest BCUT2D eigenvalue weighted by atomic mass is 32.3. The van der Waals surface area contributed by atoms with Crippen LogP contribution in [0.2, 0.25) is 0 Å². The SMILES string of the molecule is O=S(=O)(CC(S(=O)(=O)c1ccccc1)S(=O)(=O)c1ccccc1)c1ccccc1. The molecule has 0 spiro atoms. The first kappa shape index (κ1) is 21.2. The van der Waals surface area contributed by atoms with Crippen LogP contribution in [0.4, 0.5) is 0 Å². The van der Waals surface area contributed by atoms with E-state index in [9.17, 15) is 25.3 Å². The second-order valence-electron chi connectivity index (χ2n) is 6.24. The molecule has 0 aromatic heterocycles. The molecule has 9 heteroatoms. The topological polar surface area (TPSA) is 102 Å². The zero-order chi connectivity index (χ0) is 21.1. The van der Waals surface area contributed by atoms with Crippen molar-refractivity contribution in [3.05, 3.63) is 91.0 Å². The number of sulfone groups is 3. The summed E-state index contributed by atoms with van der Waals surface area (Å²) in [5, 5.41) is 0. The van der Waals surface area contributed by atoms with Crippen molar-refractivity contribution in [2.75, 3.05) is 5.75 Å². The molecule has 0 saturated heterocycles. The lowest BCUT2D eigenvalue weighted by molar-refractivity contribution is 0.570. The van der Waals surface area contributed by atoms with Gasteiger partial charge in [0, 0.05) is 0 Å². The molecule has 3 aromatic carbocycles. The fourth-order valence-electron chi connectivity index (χ4n) is 2.77. The van der Waals surface area contributed by atoms with E-state index < -0.39 is 39.8 Å². The first-order chi connectivity index (χ1) is 13.7. The van der Waals surface area contributed by atoms with Crippen LogP contribution >= 0.6 is 0 Å². The molecule has 0 saturated carbocycles. The Morgan fingerprint density at radius 1 is 0.483 bits per heavy atom. The van der Waals surface area contributed by atoms with E-state index in [0.29, 0.717) is 0 Å². The Hall–Kier alpha value is -2.49. The van der Waals surface area contributed by atoms with E-state index in [1.165, 1.54) is 72.8 Å². The van der Waals surface area contributed by atoms with Gasteiger partial charge in [-0.15, -0.1) is 0 Å². The van der Waals surface area contributed by atoms with E-state index in [1.807, 2.05) is 0 Å². The Balaban J connectivity index is 2.18. The average Bonchev–Trinajstić information content (AvgIpc) is 2.74. The summed E-state index contributed by atoms with van der Waals surface area (Å²) >= 11 is 0. The van der Waals surface area contributed by atoms with Crippen molar-refractivity contribution in [1.82, 2.24) is 0 Å². The van der Waals surface area contributed by atoms with E-state index in [-0.39, 0.29) is 14.7 Å². The largest absolute Gasteiger partial charge is 0.224 e. The molecule has 0 aliphatic rings. The van der Waals surface area contributed by atoms with E-state index in [4.69, 9.17) is 0 Å². The predicted octanol–water partition coefficient (Wildman–Crippen LogP) is 2.73. The van der Waals surface area contributed by atoms with Gasteiger partial charge in [0.2, 0.25) is 0 Å². The van der Waals surface area contributed by atoms with Gasteiger partial charge in [-0.05, 0) is 36.4 Å². The summed E-state index contributed by atoms with van der Waals surface area (Å²) in [6, 6.07) is 21.1. The molecular formula is C20H18O6S3. The molecule has 0 aliphatic heterocycles. The molecule has 0 amide bonds. The fraction of sp³-hybridized carbons (Fsp3) is 0.100. The average molecular weight is 451 g/mol. The molecule has 29 heavy (non-hydrogen) atoms. The minimum Gasteiger partial charge on any atom is -0.224 e. The third kappa shape index (κ3) is 4.42. The van der Waals surface area contributed by atoms with Crippen LogP contribution in [-0.4, -0.2) is 35.6 Å². The molecule has 0 radical (unpaired) electrons. The van der Waals surface area contributed by atoms with Crippen molar-refractivity contribution in [2.24, 2.45) is 0 Å². The smallest absolute Gasteiger partial charge is 0.197 e. The summed E-state index contributed by atoms with van der Waals surface area (Å²) in [5.41, 5.74) is 0. The minimum atomic E-state index is -4.52. The number of hydrogen-bond donors (Lipinski definition) is 0. The third-order valence-electron chi connectivity index (χ3n) is 4.29. The van der Waals surface area contributed by atoms with E-state index in [2.05, 4.69) is 0 Å². The van der Waals surface area contributed by atoms with Gasteiger partial charge in [0.05, 0.1) is 20.4 Å².